The van der Waals surface area contributed by atoms with Crippen LogP contribution in [0.1, 0.15) is 6.92 Å². The fourth-order valence-electron chi connectivity index (χ4n) is 1.39. The number of benzene rings is 1. The molecule has 0 aliphatic rings. The van der Waals surface area contributed by atoms with Gasteiger partial charge >= 0.3 is 0 Å². The van der Waals surface area contributed by atoms with Gasteiger partial charge < -0.3 is 19.5 Å². The zero-order valence-corrected chi connectivity index (χ0v) is 10.5. The molecule has 0 amide bonds. The summed E-state index contributed by atoms with van der Waals surface area (Å²) in [5.74, 6) is 0. The van der Waals surface area contributed by atoms with E-state index in [4.69, 9.17) is 14.6 Å². The number of ether oxygens (including phenoxy) is 2. The SMILES string of the molecule is CC(O)OCCOCCN(C)c1ccccc1. The maximum absolute atomic E-state index is 8.86. The summed E-state index contributed by atoms with van der Waals surface area (Å²) in [7, 11) is 2.03. The van der Waals surface area contributed by atoms with E-state index in [1.165, 1.54) is 5.69 Å². The fraction of sp³-hybridized carbons (Fsp3) is 0.538. The lowest BCUT2D eigenvalue weighted by molar-refractivity contribution is -0.0989. The Morgan fingerprint density at radius 1 is 1.18 bits per heavy atom. The molecule has 4 nitrogen and oxygen atoms in total. The Morgan fingerprint density at radius 3 is 2.53 bits per heavy atom. The van der Waals surface area contributed by atoms with E-state index in [2.05, 4.69) is 17.0 Å². The highest BCUT2D eigenvalue weighted by Crippen LogP contribution is 2.09. The smallest absolute Gasteiger partial charge is 0.151 e. The van der Waals surface area contributed by atoms with Gasteiger partial charge in [0.15, 0.2) is 6.29 Å². The van der Waals surface area contributed by atoms with Gasteiger partial charge in [-0.2, -0.15) is 0 Å². The van der Waals surface area contributed by atoms with Gasteiger partial charge in [-0.25, -0.2) is 0 Å². The third kappa shape index (κ3) is 6.26. The molecular formula is C13H21NO3. The first-order chi connectivity index (χ1) is 8.20. The molecule has 0 spiro atoms. The van der Waals surface area contributed by atoms with Crippen LogP contribution in [0.3, 0.4) is 0 Å². The van der Waals surface area contributed by atoms with E-state index in [1.807, 2.05) is 25.2 Å². The first kappa shape index (κ1) is 14.0. The molecule has 0 aliphatic heterocycles. The Bertz CT molecular complexity index is 290. The van der Waals surface area contributed by atoms with Crippen LogP contribution < -0.4 is 4.90 Å². The summed E-state index contributed by atoms with van der Waals surface area (Å²) in [4.78, 5) is 2.13. The van der Waals surface area contributed by atoms with Gasteiger partial charge in [0.25, 0.3) is 0 Å². The molecule has 96 valence electrons. The lowest BCUT2D eigenvalue weighted by Crippen LogP contribution is -2.23. The van der Waals surface area contributed by atoms with Crippen molar-refractivity contribution >= 4 is 5.69 Å². The molecule has 0 fully saturated rings. The zero-order valence-electron chi connectivity index (χ0n) is 10.5. The van der Waals surface area contributed by atoms with E-state index < -0.39 is 6.29 Å². The van der Waals surface area contributed by atoms with Crippen LogP contribution >= 0.6 is 0 Å². The number of aliphatic hydroxyl groups excluding tert-OH is 1. The Kier molecular flexibility index (Phi) is 6.62. The van der Waals surface area contributed by atoms with Crippen LogP contribution in [0.25, 0.3) is 0 Å². The van der Waals surface area contributed by atoms with Crippen molar-refractivity contribution in [3.63, 3.8) is 0 Å². The average Bonchev–Trinajstić information content (AvgIpc) is 2.34. The van der Waals surface area contributed by atoms with Crippen molar-refractivity contribution in [3.05, 3.63) is 30.3 Å². The second-order valence-electron chi connectivity index (χ2n) is 3.84. The standard InChI is InChI=1S/C13H21NO3/c1-12(15)17-11-10-16-9-8-14(2)13-6-4-3-5-7-13/h3-7,12,15H,8-11H2,1-2H3. The highest BCUT2D eigenvalue weighted by atomic mass is 16.6. The number of para-hydroxylation sites is 1. The topological polar surface area (TPSA) is 41.9 Å². The number of rotatable bonds is 8. The minimum atomic E-state index is -0.717. The summed E-state index contributed by atoms with van der Waals surface area (Å²) in [6, 6.07) is 10.2. The maximum Gasteiger partial charge on any atom is 0.151 e. The summed E-state index contributed by atoms with van der Waals surface area (Å²) in [5.41, 5.74) is 1.18. The molecule has 0 saturated carbocycles. The lowest BCUT2D eigenvalue weighted by Gasteiger charge is -2.19. The summed E-state index contributed by atoms with van der Waals surface area (Å²) < 4.78 is 10.3. The molecule has 1 rings (SSSR count). The number of anilines is 1. The molecule has 0 radical (unpaired) electrons. The molecule has 0 aliphatic carbocycles. The van der Waals surface area contributed by atoms with Gasteiger partial charge in [0.2, 0.25) is 0 Å². The second kappa shape index (κ2) is 8.06. The van der Waals surface area contributed by atoms with Crippen molar-refractivity contribution in [2.75, 3.05) is 38.3 Å². The van der Waals surface area contributed by atoms with Crippen LogP contribution in [0.4, 0.5) is 5.69 Å². The van der Waals surface area contributed by atoms with Crippen molar-refractivity contribution in [1.82, 2.24) is 0 Å². The Balaban J connectivity index is 2.07. The number of hydrogen-bond acceptors (Lipinski definition) is 4. The molecule has 1 N–H and O–H groups in total. The summed E-state index contributed by atoms with van der Waals surface area (Å²) in [5, 5.41) is 8.86. The lowest BCUT2D eigenvalue weighted by atomic mass is 10.3. The predicted molar refractivity (Wildman–Crippen MR) is 68.2 cm³/mol. The molecule has 1 aromatic rings. The average molecular weight is 239 g/mol. The van der Waals surface area contributed by atoms with E-state index in [1.54, 1.807) is 6.92 Å². The highest BCUT2D eigenvalue weighted by Gasteiger charge is 1.99. The normalized spacial score (nSPS) is 12.4. The van der Waals surface area contributed by atoms with Crippen LogP contribution in [0.5, 0.6) is 0 Å². The van der Waals surface area contributed by atoms with Gasteiger partial charge in [-0.1, -0.05) is 18.2 Å². The zero-order chi connectivity index (χ0) is 12.5. The van der Waals surface area contributed by atoms with Crippen LogP contribution in [-0.2, 0) is 9.47 Å². The summed E-state index contributed by atoms with van der Waals surface area (Å²) >= 11 is 0. The molecule has 0 aromatic heterocycles. The first-order valence-corrected chi connectivity index (χ1v) is 5.84. The van der Waals surface area contributed by atoms with Gasteiger partial charge in [-0.3, -0.25) is 0 Å². The first-order valence-electron chi connectivity index (χ1n) is 5.84. The molecule has 4 heteroatoms. The largest absolute Gasteiger partial charge is 0.377 e. The molecule has 0 heterocycles. The molecule has 1 unspecified atom stereocenters. The molecule has 0 bridgehead atoms. The molecule has 17 heavy (non-hydrogen) atoms. The minimum Gasteiger partial charge on any atom is -0.377 e. The van der Waals surface area contributed by atoms with Crippen LogP contribution in [0.2, 0.25) is 0 Å². The van der Waals surface area contributed by atoms with Gasteiger partial charge in [-0.15, -0.1) is 0 Å². The Hall–Kier alpha value is -1.10. The van der Waals surface area contributed by atoms with E-state index in [0.29, 0.717) is 19.8 Å². The van der Waals surface area contributed by atoms with Crippen molar-refractivity contribution in [1.29, 1.82) is 0 Å². The number of hydrogen-bond donors (Lipinski definition) is 1. The third-order valence-corrected chi connectivity index (χ3v) is 2.35. The Morgan fingerprint density at radius 2 is 1.88 bits per heavy atom. The third-order valence-electron chi connectivity index (χ3n) is 2.35. The second-order valence-corrected chi connectivity index (χ2v) is 3.84. The van der Waals surface area contributed by atoms with Crippen LogP contribution in [0.15, 0.2) is 30.3 Å². The number of nitrogens with zero attached hydrogens (tertiary/aromatic N) is 1. The monoisotopic (exact) mass is 239 g/mol. The highest BCUT2D eigenvalue weighted by molar-refractivity contribution is 5.44. The minimum absolute atomic E-state index is 0.423. The van der Waals surface area contributed by atoms with Crippen molar-refractivity contribution in [2.24, 2.45) is 0 Å². The fourth-order valence-corrected chi connectivity index (χ4v) is 1.39. The maximum atomic E-state index is 8.86. The van der Waals surface area contributed by atoms with Crippen molar-refractivity contribution in [3.8, 4) is 0 Å². The molecule has 1 aromatic carbocycles. The number of likely N-dealkylation sites (N-methyl/N-ethyl adjacent to an activating group) is 1. The van der Waals surface area contributed by atoms with Gasteiger partial charge in [0, 0.05) is 19.3 Å². The molecule has 0 saturated heterocycles. The Labute approximate surface area is 103 Å². The van der Waals surface area contributed by atoms with E-state index >= 15 is 0 Å². The summed E-state index contributed by atoms with van der Waals surface area (Å²) in [6.45, 7) is 4.00. The van der Waals surface area contributed by atoms with E-state index in [-0.39, 0.29) is 0 Å². The molecule has 1 atom stereocenters. The number of aliphatic hydroxyl groups is 1. The quantitative estimate of drug-likeness (QED) is 0.551. The van der Waals surface area contributed by atoms with Gasteiger partial charge in [0.05, 0.1) is 19.8 Å². The van der Waals surface area contributed by atoms with Crippen LogP contribution in [0, 0.1) is 0 Å². The van der Waals surface area contributed by atoms with E-state index in [9.17, 15) is 0 Å². The van der Waals surface area contributed by atoms with Crippen molar-refractivity contribution < 1.29 is 14.6 Å². The van der Waals surface area contributed by atoms with Gasteiger partial charge in [0.1, 0.15) is 0 Å². The van der Waals surface area contributed by atoms with Crippen molar-refractivity contribution in [2.45, 2.75) is 13.2 Å². The molecular weight excluding hydrogens is 218 g/mol. The predicted octanol–water partition coefficient (Wildman–Crippen LogP) is 1.49. The van der Waals surface area contributed by atoms with E-state index in [0.717, 1.165) is 6.54 Å². The summed E-state index contributed by atoms with van der Waals surface area (Å²) in [6.07, 6.45) is -0.717. The van der Waals surface area contributed by atoms with Crippen LogP contribution in [-0.4, -0.2) is 44.8 Å². The van der Waals surface area contributed by atoms with Gasteiger partial charge in [-0.05, 0) is 19.1 Å².